The molecule has 2 N–H and O–H groups in total. The molecule has 2 heterocycles. The van der Waals surface area contributed by atoms with Crippen molar-refractivity contribution in [3.8, 4) is 34.6 Å². The summed E-state index contributed by atoms with van der Waals surface area (Å²) in [6, 6.07) is 14.9. The van der Waals surface area contributed by atoms with Gasteiger partial charge in [0.25, 0.3) is 0 Å². The van der Waals surface area contributed by atoms with Crippen molar-refractivity contribution in [3.63, 3.8) is 0 Å². The van der Waals surface area contributed by atoms with Gasteiger partial charge < -0.3 is 39.1 Å². The number of nitriles is 1. The number of amides is 1. The Hall–Kier alpha value is -4.60. The Morgan fingerprint density at radius 3 is 2.59 bits per heavy atom. The van der Waals surface area contributed by atoms with E-state index in [2.05, 4.69) is 26.7 Å². The van der Waals surface area contributed by atoms with Gasteiger partial charge in [0, 0.05) is 42.9 Å². The van der Waals surface area contributed by atoms with E-state index in [4.69, 9.17) is 28.4 Å². The minimum atomic E-state index is -0.551. The molecule has 234 valence electrons. The van der Waals surface area contributed by atoms with Crippen LogP contribution in [0.2, 0.25) is 0 Å². The summed E-state index contributed by atoms with van der Waals surface area (Å²) >= 11 is 0. The minimum absolute atomic E-state index is 0.0376. The highest BCUT2D eigenvalue weighted by molar-refractivity contribution is 5.68. The average Bonchev–Trinajstić information content (AvgIpc) is 3.00. The highest BCUT2D eigenvalue weighted by atomic mass is 16.6. The maximum Gasteiger partial charge on any atom is 0.407 e. The second-order valence-corrected chi connectivity index (χ2v) is 10.9. The number of aromatic nitrogens is 2. The van der Waals surface area contributed by atoms with E-state index in [-0.39, 0.29) is 12.7 Å². The lowest BCUT2D eigenvalue weighted by atomic mass is 10.1. The molecule has 44 heavy (non-hydrogen) atoms. The van der Waals surface area contributed by atoms with Gasteiger partial charge in [-0.2, -0.15) is 5.26 Å². The van der Waals surface area contributed by atoms with Crippen molar-refractivity contribution in [2.75, 3.05) is 52.0 Å². The van der Waals surface area contributed by atoms with Crippen LogP contribution in [0, 0.1) is 11.3 Å². The summed E-state index contributed by atoms with van der Waals surface area (Å²) in [4.78, 5) is 20.7. The molecule has 0 bridgehead atoms. The fraction of sp³-hybridized carbons (Fsp3) is 0.438. The fourth-order valence-corrected chi connectivity index (χ4v) is 4.28. The monoisotopic (exact) mass is 605 g/mol. The lowest BCUT2D eigenvalue weighted by molar-refractivity contribution is 0.0254. The van der Waals surface area contributed by atoms with Gasteiger partial charge in [-0.3, -0.25) is 0 Å². The Morgan fingerprint density at radius 1 is 1.05 bits per heavy atom. The van der Waals surface area contributed by atoms with Crippen LogP contribution in [-0.2, 0) is 14.2 Å². The number of carbonyl (C=O) groups excluding carboxylic acids is 1. The number of hydrogen-bond donors (Lipinski definition) is 2. The molecular formula is C32H39N5O7. The quantitative estimate of drug-likeness (QED) is 0.246. The van der Waals surface area contributed by atoms with E-state index in [0.29, 0.717) is 73.1 Å². The van der Waals surface area contributed by atoms with Crippen molar-refractivity contribution in [1.82, 2.24) is 15.3 Å². The highest BCUT2D eigenvalue weighted by Crippen LogP contribution is 2.32. The number of rotatable bonds is 13. The van der Waals surface area contributed by atoms with Gasteiger partial charge in [-0.1, -0.05) is 0 Å². The number of benzene rings is 2. The number of anilines is 2. The van der Waals surface area contributed by atoms with Crippen LogP contribution in [0.5, 0.6) is 17.2 Å². The Balaban J connectivity index is 1.32. The van der Waals surface area contributed by atoms with Gasteiger partial charge in [-0.05, 0) is 57.2 Å². The Labute approximate surface area is 257 Å². The van der Waals surface area contributed by atoms with Crippen LogP contribution in [0.3, 0.4) is 0 Å². The highest BCUT2D eigenvalue weighted by Gasteiger charge is 2.18. The molecule has 1 amide bonds. The number of alkyl carbamates (subject to hydrolysis) is 1. The van der Waals surface area contributed by atoms with E-state index in [0.717, 1.165) is 18.4 Å². The predicted molar refractivity (Wildman–Crippen MR) is 163 cm³/mol. The van der Waals surface area contributed by atoms with Gasteiger partial charge >= 0.3 is 6.09 Å². The molecule has 1 aliphatic rings. The first kappa shape index (κ1) is 32.3. The number of nitrogens with one attached hydrogen (secondary N) is 2. The third-order valence-corrected chi connectivity index (χ3v) is 6.33. The lowest BCUT2D eigenvalue weighted by Gasteiger charge is -2.23. The van der Waals surface area contributed by atoms with Crippen molar-refractivity contribution in [2.45, 2.75) is 45.3 Å². The van der Waals surface area contributed by atoms with Crippen molar-refractivity contribution < 1.29 is 33.2 Å². The molecule has 0 aliphatic carbocycles. The van der Waals surface area contributed by atoms with Crippen LogP contribution in [0.15, 0.2) is 48.7 Å². The molecule has 0 radical (unpaired) electrons. The largest absolute Gasteiger partial charge is 0.493 e. The third kappa shape index (κ3) is 10.00. The molecule has 1 saturated heterocycles. The van der Waals surface area contributed by atoms with Gasteiger partial charge in [0.2, 0.25) is 5.95 Å². The fourth-order valence-electron chi connectivity index (χ4n) is 4.28. The second kappa shape index (κ2) is 15.7. The van der Waals surface area contributed by atoms with Crippen LogP contribution in [0.4, 0.5) is 16.4 Å². The molecule has 12 heteroatoms. The van der Waals surface area contributed by atoms with Crippen molar-refractivity contribution in [2.24, 2.45) is 0 Å². The molecule has 1 aliphatic heterocycles. The maximum atomic E-state index is 11.7. The van der Waals surface area contributed by atoms with Crippen LogP contribution in [0.1, 0.15) is 39.2 Å². The zero-order valence-corrected chi connectivity index (χ0v) is 25.6. The molecule has 0 atom stereocenters. The van der Waals surface area contributed by atoms with Gasteiger partial charge in [-0.25, -0.2) is 14.8 Å². The van der Waals surface area contributed by atoms with Crippen LogP contribution in [0.25, 0.3) is 11.3 Å². The van der Waals surface area contributed by atoms with E-state index in [1.54, 1.807) is 58.3 Å². The first-order chi connectivity index (χ1) is 21.2. The van der Waals surface area contributed by atoms with Crippen LogP contribution in [-0.4, -0.2) is 74.5 Å². The van der Waals surface area contributed by atoms with E-state index in [9.17, 15) is 10.1 Å². The van der Waals surface area contributed by atoms with Gasteiger partial charge in [-0.15, -0.1) is 0 Å². The summed E-state index contributed by atoms with van der Waals surface area (Å²) in [7, 11) is 1.57. The Bertz CT molecular complexity index is 1430. The Kier molecular flexibility index (Phi) is 11.6. The molecule has 1 fully saturated rings. The molecular weight excluding hydrogens is 566 g/mol. The first-order valence-electron chi connectivity index (χ1n) is 14.5. The van der Waals surface area contributed by atoms with E-state index < -0.39 is 11.7 Å². The van der Waals surface area contributed by atoms with Crippen LogP contribution >= 0.6 is 0 Å². The van der Waals surface area contributed by atoms with E-state index >= 15 is 0 Å². The van der Waals surface area contributed by atoms with Crippen molar-refractivity contribution in [3.05, 3.63) is 54.2 Å². The Morgan fingerprint density at radius 2 is 1.84 bits per heavy atom. The lowest BCUT2D eigenvalue weighted by Crippen LogP contribution is -2.34. The van der Waals surface area contributed by atoms with E-state index in [1.165, 1.54) is 0 Å². The number of carbonyl (C=O) groups is 1. The smallest absolute Gasteiger partial charge is 0.407 e. The van der Waals surface area contributed by atoms with Gasteiger partial charge in [0.1, 0.15) is 30.1 Å². The van der Waals surface area contributed by atoms with Crippen molar-refractivity contribution in [1.29, 1.82) is 5.26 Å². The maximum absolute atomic E-state index is 11.7. The third-order valence-electron chi connectivity index (χ3n) is 6.33. The summed E-state index contributed by atoms with van der Waals surface area (Å²) < 4.78 is 33.5. The topological polar surface area (TPSA) is 146 Å². The molecule has 0 saturated carbocycles. The summed E-state index contributed by atoms with van der Waals surface area (Å²) in [5.74, 6) is 2.01. The van der Waals surface area contributed by atoms with Gasteiger partial charge in [0.15, 0.2) is 11.5 Å². The summed E-state index contributed by atoms with van der Waals surface area (Å²) in [5.41, 5.74) is 2.01. The minimum Gasteiger partial charge on any atom is -0.493 e. The molecule has 1 aromatic heterocycles. The van der Waals surface area contributed by atoms with Crippen LogP contribution < -0.4 is 24.8 Å². The molecule has 0 spiro atoms. The number of methoxy groups -OCH3 is 1. The molecule has 3 aromatic rings. The summed E-state index contributed by atoms with van der Waals surface area (Å²) in [6.07, 6.45) is 2.80. The zero-order chi connectivity index (χ0) is 31.4. The molecule has 4 rings (SSSR count). The number of hydrogen-bond acceptors (Lipinski definition) is 11. The molecule has 2 aromatic carbocycles. The summed E-state index contributed by atoms with van der Waals surface area (Å²) in [5, 5.41) is 15.6. The predicted octanol–water partition coefficient (Wildman–Crippen LogP) is 5.25. The van der Waals surface area contributed by atoms with E-state index in [1.807, 2.05) is 18.2 Å². The average molecular weight is 606 g/mol. The molecule has 12 nitrogen and oxygen atoms in total. The molecule has 0 unspecified atom stereocenters. The van der Waals surface area contributed by atoms with Gasteiger partial charge in [0.05, 0.1) is 44.8 Å². The first-order valence-corrected chi connectivity index (χ1v) is 14.5. The normalized spacial score (nSPS) is 13.4. The number of nitrogens with zero attached hydrogens (tertiary/aromatic N) is 3. The summed E-state index contributed by atoms with van der Waals surface area (Å²) in [6.45, 7) is 7.96. The van der Waals surface area contributed by atoms with Crippen molar-refractivity contribution >= 4 is 17.7 Å². The zero-order valence-electron chi connectivity index (χ0n) is 25.6. The number of ether oxygens (including phenoxy) is 6. The SMILES string of the molecule is COc1ccc(Nc2nccc(-c3ccc(OC4CCOCC4)c(C#N)c3)n2)cc1OCCOCCNC(=O)OC(C)(C)C. The standard InChI is InChI=1S/C32H39N5O7/c1-32(2,3)44-31(38)35-13-16-41-17-18-42-29-20-24(6-8-28(29)39-4)36-30-34-12-9-26(37-30)22-5-7-27(23(19-22)21-33)43-25-10-14-40-15-11-25/h5-9,12,19-20,25H,10-11,13-18H2,1-4H3,(H,35,38)(H,34,36,37). The second-order valence-electron chi connectivity index (χ2n) is 10.9.